The van der Waals surface area contributed by atoms with Crippen molar-refractivity contribution in [2.45, 2.75) is 43.6 Å². The fourth-order valence-electron chi connectivity index (χ4n) is 3.97. The summed E-state index contributed by atoms with van der Waals surface area (Å²) in [6, 6.07) is 6.02. The van der Waals surface area contributed by atoms with Gasteiger partial charge in [-0.15, -0.1) is 0 Å². The lowest BCUT2D eigenvalue weighted by Crippen LogP contribution is -2.40. The maximum Gasteiger partial charge on any atom is 0.458 e. The molecule has 2 aromatic rings. The molecule has 1 amide bonds. The molecule has 1 N–H and O–H groups in total. The molecule has 1 heterocycles. The van der Waals surface area contributed by atoms with Gasteiger partial charge in [0.1, 0.15) is 5.54 Å². The Morgan fingerprint density at radius 1 is 1.16 bits per heavy atom. The van der Waals surface area contributed by atoms with E-state index in [1.165, 1.54) is 18.2 Å². The van der Waals surface area contributed by atoms with E-state index in [1.807, 2.05) is 6.07 Å². The SMILES string of the molecule is CC1C=C(C(F)(F)C(F)(F)F)C(C(F)(F)F)=C1n1cc(-c2ccc(Cl)c(C(=O)NC3(C#N)CC3)c2)cn1. The molecule has 14 heteroatoms. The highest BCUT2D eigenvalue weighted by Gasteiger charge is 2.64. The van der Waals surface area contributed by atoms with Crippen molar-refractivity contribution < 1.29 is 39.9 Å². The third kappa shape index (κ3) is 4.70. The second-order valence-corrected chi connectivity index (χ2v) is 9.12. The molecule has 4 rings (SSSR count). The van der Waals surface area contributed by atoms with Crippen LogP contribution >= 0.6 is 11.6 Å². The molecule has 37 heavy (non-hydrogen) atoms. The number of amides is 1. The lowest BCUT2D eigenvalue weighted by molar-refractivity contribution is -0.264. The zero-order valence-corrected chi connectivity index (χ0v) is 19.4. The first kappa shape index (κ1) is 26.7. The third-order valence-corrected chi connectivity index (χ3v) is 6.37. The van der Waals surface area contributed by atoms with E-state index in [2.05, 4.69) is 10.4 Å². The van der Waals surface area contributed by atoms with Crippen molar-refractivity contribution in [3.63, 3.8) is 0 Å². The van der Waals surface area contributed by atoms with Gasteiger partial charge in [0.25, 0.3) is 5.91 Å². The van der Waals surface area contributed by atoms with E-state index in [1.54, 1.807) is 0 Å². The molecule has 196 valence electrons. The third-order valence-electron chi connectivity index (χ3n) is 6.04. The van der Waals surface area contributed by atoms with E-state index in [0.29, 0.717) is 17.5 Å². The summed E-state index contributed by atoms with van der Waals surface area (Å²) in [7, 11) is 0. The molecule has 0 aliphatic heterocycles. The molecule has 0 bridgehead atoms. The van der Waals surface area contributed by atoms with Crippen LogP contribution in [0.5, 0.6) is 0 Å². The molecule has 2 aliphatic carbocycles. The van der Waals surface area contributed by atoms with Crippen LogP contribution in [0.4, 0.5) is 35.1 Å². The first-order valence-corrected chi connectivity index (χ1v) is 11.0. The van der Waals surface area contributed by atoms with Crippen molar-refractivity contribution in [1.82, 2.24) is 15.1 Å². The summed E-state index contributed by atoms with van der Waals surface area (Å²) in [5, 5.41) is 15.5. The first-order chi connectivity index (χ1) is 17.0. The Morgan fingerprint density at radius 3 is 2.35 bits per heavy atom. The Labute approximate surface area is 209 Å². The summed E-state index contributed by atoms with van der Waals surface area (Å²) in [5.41, 5.74) is -5.88. The number of hydrogen-bond acceptors (Lipinski definition) is 3. The Hall–Kier alpha value is -3.40. The average Bonchev–Trinajstić information content (AvgIpc) is 3.21. The number of carbonyl (C=O) groups excluding carboxylic acids is 1. The summed E-state index contributed by atoms with van der Waals surface area (Å²) < 4.78 is 109. The maximum atomic E-state index is 14.0. The largest absolute Gasteiger partial charge is 0.458 e. The summed E-state index contributed by atoms with van der Waals surface area (Å²) in [6.45, 7) is 1.04. The number of hydrogen-bond donors (Lipinski definition) is 1. The monoisotopic (exact) mass is 550 g/mol. The van der Waals surface area contributed by atoms with Gasteiger partial charge >= 0.3 is 18.3 Å². The van der Waals surface area contributed by atoms with Gasteiger partial charge < -0.3 is 5.32 Å². The van der Waals surface area contributed by atoms with Gasteiger partial charge in [-0.2, -0.15) is 45.5 Å². The Kier molecular flexibility index (Phi) is 6.18. The van der Waals surface area contributed by atoms with Crippen molar-refractivity contribution in [3.8, 4) is 17.2 Å². The van der Waals surface area contributed by atoms with Crippen LogP contribution in [0.25, 0.3) is 16.8 Å². The number of nitrogens with zero attached hydrogens (tertiary/aromatic N) is 3. The predicted molar refractivity (Wildman–Crippen MR) is 115 cm³/mol. The quantitative estimate of drug-likeness (QED) is 0.430. The second kappa shape index (κ2) is 8.58. The fraction of sp³-hybridized carbons (Fsp3) is 0.348. The van der Waals surface area contributed by atoms with Gasteiger partial charge in [-0.3, -0.25) is 4.79 Å². The summed E-state index contributed by atoms with van der Waals surface area (Å²) >= 11 is 6.10. The van der Waals surface area contributed by atoms with E-state index in [9.17, 15) is 39.9 Å². The Bertz CT molecular complexity index is 1380. The van der Waals surface area contributed by atoms with Crippen molar-refractivity contribution in [2.24, 2.45) is 5.92 Å². The van der Waals surface area contributed by atoms with Crippen molar-refractivity contribution in [3.05, 3.63) is 58.4 Å². The van der Waals surface area contributed by atoms with E-state index in [-0.39, 0.29) is 27.8 Å². The number of benzene rings is 1. The molecule has 2 aliphatic rings. The molecule has 1 fully saturated rings. The molecule has 1 aromatic heterocycles. The van der Waals surface area contributed by atoms with Crippen LogP contribution in [-0.2, 0) is 0 Å². The van der Waals surface area contributed by atoms with Gasteiger partial charge in [0.2, 0.25) is 0 Å². The minimum absolute atomic E-state index is 0.0251. The molecule has 1 saturated carbocycles. The number of nitriles is 1. The van der Waals surface area contributed by atoms with E-state index >= 15 is 0 Å². The van der Waals surface area contributed by atoms with E-state index < -0.39 is 52.5 Å². The van der Waals surface area contributed by atoms with Crippen molar-refractivity contribution >= 4 is 23.2 Å². The highest BCUT2D eigenvalue weighted by atomic mass is 35.5. The molecular weight excluding hydrogens is 536 g/mol. The minimum Gasteiger partial charge on any atom is -0.334 e. The molecule has 1 aromatic carbocycles. The van der Waals surface area contributed by atoms with Crippen LogP contribution in [0, 0.1) is 17.2 Å². The maximum absolute atomic E-state index is 14.0. The fourth-order valence-corrected chi connectivity index (χ4v) is 4.17. The van der Waals surface area contributed by atoms with Crippen LogP contribution in [0.2, 0.25) is 5.02 Å². The molecule has 0 spiro atoms. The Balaban J connectivity index is 1.74. The first-order valence-electron chi connectivity index (χ1n) is 10.6. The standard InChI is InChI=1S/C23H15ClF8N4O/c1-11-6-15(21(25,26)23(30,31)32)17(22(27,28)29)18(11)36-9-13(8-34-36)12-2-3-16(24)14(7-12)19(37)35-20(10-33)4-5-20/h2-3,6-9,11H,4-5H2,1H3,(H,35,37). The van der Waals surface area contributed by atoms with Crippen LogP contribution in [-0.4, -0.2) is 39.5 Å². The lowest BCUT2D eigenvalue weighted by atomic mass is 10.0. The van der Waals surface area contributed by atoms with Gasteiger partial charge in [0.15, 0.2) is 0 Å². The van der Waals surface area contributed by atoms with E-state index in [4.69, 9.17) is 16.9 Å². The van der Waals surface area contributed by atoms with Gasteiger partial charge in [-0.1, -0.05) is 30.7 Å². The number of nitrogens with one attached hydrogen (secondary N) is 1. The van der Waals surface area contributed by atoms with Gasteiger partial charge in [0.05, 0.1) is 34.1 Å². The highest BCUT2D eigenvalue weighted by Crippen LogP contribution is 2.53. The summed E-state index contributed by atoms with van der Waals surface area (Å²) in [4.78, 5) is 12.6. The van der Waals surface area contributed by atoms with Gasteiger partial charge in [0, 0.05) is 23.3 Å². The minimum atomic E-state index is -6.25. The number of halogens is 9. The topological polar surface area (TPSA) is 70.7 Å². The highest BCUT2D eigenvalue weighted by molar-refractivity contribution is 6.34. The zero-order chi connectivity index (χ0) is 27.6. The normalized spacial score (nSPS) is 19.5. The molecular formula is C23H15ClF8N4O. The van der Waals surface area contributed by atoms with E-state index in [0.717, 1.165) is 19.3 Å². The van der Waals surface area contributed by atoms with Gasteiger partial charge in [-0.25, -0.2) is 4.68 Å². The lowest BCUT2D eigenvalue weighted by Gasteiger charge is -2.24. The average molecular weight is 551 g/mol. The van der Waals surface area contributed by atoms with Gasteiger partial charge in [-0.05, 0) is 30.5 Å². The van der Waals surface area contributed by atoms with Crippen LogP contribution in [0.3, 0.4) is 0 Å². The molecule has 0 saturated heterocycles. The van der Waals surface area contributed by atoms with Crippen LogP contribution in [0.1, 0.15) is 30.1 Å². The predicted octanol–water partition coefficient (Wildman–Crippen LogP) is 6.54. The van der Waals surface area contributed by atoms with Crippen molar-refractivity contribution in [2.75, 3.05) is 0 Å². The number of carbonyl (C=O) groups is 1. The summed E-state index contributed by atoms with van der Waals surface area (Å²) in [5.74, 6) is -7.89. The molecule has 0 radical (unpaired) electrons. The van der Waals surface area contributed by atoms with Crippen LogP contribution < -0.4 is 5.32 Å². The molecule has 1 unspecified atom stereocenters. The van der Waals surface area contributed by atoms with Crippen LogP contribution in [0.15, 0.2) is 47.8 Å². The smallest absolute Gasteiger partial charge is 0.334 e. The zero-order valence-electron chi connectivity index (χ0n) is 18.6. The molecule has 1 atom stereocenters. The number of allylic oxidation sites excluding steroid dienone is 4. The molecule has 5 nitrogen and oxygen atoms in total. The summed E-state index contributed by atoms with van der Waals surface area (Å²) in [6.07, 6.45) is -8.57. The second-order valence-electron chi connectivity index (χ2n) is 8.72. The Morgan fingerprint density at radius 2 is 1.81 bits per heavy atom. The number of aromatic nitrogens is 2. The number of alkyl halides is 8. The number of rotatable bonds is 5. The van der Waals surface area contributed by atoms with Crippen molar-refractivity contribution in [1.29, 1.82) is 5.26 Å².